The molecule has 0 atom stereocenters. The van der Waals surface area contributed by atoms with Crippen LogP contribution in [0.25, 0.3) is 217 Å². The molecule has 0 bridgehead atoms. The molecule has 10 nitrogen and oxygen atoms in total. The van der Waals surface area contributed by atoms with Crippen molar-refractivity contribution in [3.8, 4) is 85.2 Å². The number of hydrogen-bond acceptors (Lipinski definition) is 10. The zero-order valence-corrected chi connectivity index (χ0v) is 76.3. The molecule has 19 aromatic carbocycles. The monoisotopic (exact) mass is 1920 g/mol. The van der Waals surface area contributed by atoms with E-state index in [2.05, 4.69) is 290 Å². The van der Waals surface area contributed by atoms with Crippen LogP contribution in [0.4, 0.5) is 9.09 Å². The van der Waals surface area contributed by atoms with Gasteiger partial charge in [-0.3, -0.25) is 4.70 Å². The van der Waals surface area contributed by atoms with Crippen LogP contribution in [0.15, 0.2) is 417 Å². The predicted molar refractivity (Wildman–Crippen MR) is 567 cm³/mol. The van der Waals surface area contributed by atoms with E-state index in [0.717, 1.165) is 154 Å². The van der Waals surface area contributed by atoms with Crippen LogP contribution in [0.1, 0.15) is 35.2 Å². The normalized spacial score (nSPS) is 11.4. The topological polar surface area (TPSA) is 161 Å². The first kappa shape index (κ1) is 86.6. The van der Waals surface area contributed by atoms with E-state index >= 15 is 0 Å². The van der Waals surface area contributed by atoms with Gasteiger partial charge in [0, 0.05) is 98.4 Å². The number of halogens is 4. The molecule has 0 radical (unpaired) electrons. The van der Waals surface area contributed by atoms with E-state index in [-0.39, 0.29) is 17.9 Å². The predicted octanol–water partition coefficient (Wildman–Crippen LogP) is 33.0. The molecule has 0 saturated heterocycles. The number of thiophene rings is 2. The number of rotatable bonds is 7. The summed E-state index contributed by atoms with van der Waals surface area (Å²) >= 11 is 10.4. The quantitative estimate of drug-likeness (QED) is 0.149. The number of nitrogens with zero attached hydrogens (tertiary/aromatic N) is 5. The SMILES string of the molecule is C.F.N#Cc1ccccc1-c1cc(-c2cccc3c2sc2ccccc23)cc(-n2c3ccccc3c3ccc4oc5ccccc5c4c32)c1.N#Cc1ccccc1-c1cc(Br)cc(-n2c3ccccc3c3c4oc5ccccc5c4ccc32)c1.N#Cc1ccccc1-c1cc(F)cc(Br)c1.OB(O)c1cccc2c1sc1ccccc12.c1ccc2c(c1)Cc1c-2ccc2oc3ccccc3c12. The van der Waals surface area contributed by atoms with Crippen molar-refractivity contribution in [1.82, 2.24) is 9.13 Å². The smallest absolute Gasteiger partial charge is 0.456 e. The van der Waals surface area contributed by atoms with Crippen molar-refractivity contribution in [2.24, 2.45) is 0 Å². The lowest BCUT2D eigenvalue weighted by atomic mass is 9.80. The summed E-state index contributed by atoms with van der Waals surface area (Å²) in [5.74, 6) is -0.322. The maximum atomic E-state index is 13.2. The molecule has 2 N–H and O–H groups in total. The fourth-order valence-electron chi connectivity index (χ4n) is 19.6. The largest absolute Gasteiger partial charge is 0.489 e. The fourth-order valence-corrected chi connectivity index (χ4v) is 23.0. The van der Waals surface area contributed by atoms with Gasteiger partial charge in [-0.05, 0) is 230 Å². The molecule has 1 aliphatic rings. The second kappa shape index (κ2) is 36.1. The standard InChI is InChI=1S/C43H24N2OS.C31H17BrN2O.C19H12O.C13H7BrFN.C12H9BO2S.CH4.FH/c44-25-26-10-1-2-11-30(26)27-22-28(31-15-9-16-35-33-13-5-8-19-40(33)47-43(31)35)24-29(23-27)45-37-17-6-3-12-32(37)34-20-21-39-41(42(34)45)36-14-4-7-18-38(36)46-39;32-21-15-20(23-8-2-1-7-19(23)18-33)16-22(17-21)34-27-11-5-3-10-26(27)30-28(34)14-13-25-24-9-4-6-12-29(24)35-31(25)30;1-2-6-13-12(5-1)11-16-14(13)9-10-18-19(16)15-7-3-4-8-17(15)20-18;14-11-5-10(6-12(15)7-11)13-4-2-1-3-9(13)8-16;14-13(15)10-6-3-5-9-8-4-1-2-7-11(8)16-12(9)10;;/h1-24H;1-17H;1-10H,11H2;1-7H;1-7,14-15H;1H4;1H. The molecule has 27 rings (SSSR count). The average molecular weight is 1930 g/mol. The third kappa shape index (κ3) is 15.2. The number of benzene rings is 19. The Labute approximate surface area is 803 Å². The molecule has 0 fully saturated rings. The molecule has 26 aromatic rings. The lowest BCUT2D eigenvalue weighted by Crippen LogP contribution is -2.29. The molecule has 0 unspecified atom stereocenters. The summed E-state index contributed by atoms with van der Waals surface area (Å²) in [5.41, 5.74) is 27.5. The Hall–Kier alpha value is -16.1. The van der Waals surface area contributed by atoms with E-state index in [1.54, 1.807) is 41.7 Å². The molecular formula is C119H74BBr2F2N5O5S2. The van der Waals surface area contributed by atoms with Gasteiger partial charge in [0.15, 0.2) is 0 Å². The molecular weight excluding hydrogens is 1850 g/mol. The van der Waals surface area contributed by atoms with Crippen molar-refractivity contribution >= 4 is 217 Å². The van der Waals surface area contributed by atoms with Gasteiger partial charge in [0.1, 0.15) is 39.3 Å². The highest BCUT2D eigenvalue weighted by atomic mass is 79.9. The third-order valence-electron chi connectivity index (χ3n) is 25.4. The summed E-state index contributed by atoms with van der Waals surface area (Å²) in [6.07, 6.45) is 1.01. The van der Waals surface area contributed by atoms with Crippen LogP contribution in [0, 0.1) is 39.8 Å². The Morgan fingerprint density at radius 1 is 0.324 bits per heavy atom. The number of para-hydroxylation sites is 5. The molecule has 0 amide bonds. The van der Waals surface area contributed by atoms with Gasteiger partial charge in [-0.2, -0.15) is 15.8 Å². The van der Waals surface area contributed by atoms with Crippen LogP contribution in [0.2, 0.25) is 0 Å². The van der Waals surface area contributed by atoms with E-state index in [0.29, 0.717) is 32.2 Å². The zero-order chi connectivity index (χ0) is 90.3. The van der Waals surface area contributed by atoms with Crippen LogP contribution < -0.4 is 5.46 Å². The molecule has 648 valence electrons. The van der Waals surface area contributed by atoms with E-state index < -0.39 is 7.12 Å². The van der Waals surface area contributed by atoms with Crippen LogP contribution >= 0.6 is 54.5 Å². The van der Waals surface area contributed by atoms with Gasteiger partial charge in [0.05, 0.1) is 67.7 Å². The Morgan fingerprint density at radius 2 is 0.765 bits per heavy atom. The summed E-state index contributed by atoms with van der Waals surface area (Å²) in [7, 11) is -1.41. The van der Waals surface area contributed by atoms with E-state index in [1.165, 1.54) is 91.8 Å². The van der Waals surface area contributed by atoms with Crippen molar-refractivity contribution in [3.63, 3.8) is 0 Å². The fraction of sp³-hybridized carbons (Fsp3) is 0.0168. The van der Waals surface area contributed by atoms with Crippen molar-refractivity contribution < 1.29 is 32.4 Å². The molecule has 1 aliphatic carbocycles. The second-order valence-electron chi connectivity index (χ2n) is 33.0. The molecule has 136 heavy (non-hydrogen) atoms. The van der Waals surface area contributed by atoms with Gasteiger partial charge in [0.2, 0.25) is 0 Å². The number of nitriles is 3. The van der Waals surface area contributed by atoms with E-state index in [1.807, 2.05) is 133 Å². The summed E-state index contributed by atoms with van der Waals surface area (Å²) in [6.45, 7) is 0. The first-order valence-electron chi connectivity index (χ1n) is 43.6. The molecule has 7 heterocycles. The Kier molecular flexibility index (Phi) is 23.0. The third-order valence-corrected chi connectivity index (χ3v) is 28.7. The highest BCUT2D eigenvalue weighted by Gasteiger charge is 2.27. The number of furan rings is 3. The molecule has 7 aromatic heterocycles. The minimum atomic E-state index is -1.41. The van der Waals surface area contributed by atoms with Gasteiger partial charge in [-0.15, -0.1) is 22.7 Å². The number of hydrogen-bond donors (Lipinski definition) is 2. The molecule has 0 aliphatic heterocycles. The first-order chi connectivity index (χ1) is 65.9. The maximum absolute atomic E-state index is 13.2. The molecule has 0 saturated carbocycles. The van der Waals surface area contributed by atoms with Crippen molar-refractivity contribution in [1.29, 1.82) is 15.8 Å². The summed E-state index contributed by atoms with van der Waals surface area (Å²) in [4.78, 5) is 0. The zero-order valence-electron chi connectivity index (χ0n) is 71.5. The minimum Gasteiger partial charge on any atom is -0.456 e. The van der Waals surface area contributed by atoms with Crippen molar-refractivity contribution in [2.75, 3.05) is 0 Å². The lowest BCUT2D eigenvalue weighted by Gasteiger charge is -2.15. The van der Waals surface area contributed by atoms with E-state index in [4.69, 9.17) is 18.5 Å². The Balaban J connectivity index is 0.000000109. The van der Waals surface area contributed by atoms with Gasteiger partial charge in [-0.1, -0.05) is 288 Å². The van der Waals surface area contributed by atoms with E-state index in [9.17, 15) is 25.0 Å². The highest BCUT2D eigenvalue weighted by molar-refractivity contribution is 9.10. The first-order valence-corrected chi connectivity index (χ1v) is 46.9. The number of aromatic nitrogens is 2. The van der Waals surface area contributed by atoms with Crippen molar-refractivity contribution in [3.05, 3.63) is 437 Å². The van der Waals surface area contributed by atoms with Crippen LogP contribution in [0.5, 0.6) is 0 Å². The Bertz CT molecular complexity index is 9430. The summed E-state index contributed by atoms with van der Waals surface area (Å²) in [5, 5.41) is 63.8. The van der Waals surface area contributed by atoms with Crippen LogP contribution in [-0.4, -0.2) is 26.3 Å². The Morgan fingerprint density at radius 3 is 1.38 bits per heavy atom. The lowest BCUT2D eigenvalue weighted by molar-refractivity contribution is 0.426. The van der Waals surface area contributed by atoms with Gasteiger partial charge >= 0.3 is 7.12 Å². The average Bonchev–Trinajstić information content (AvgIpc) is 1.55. The van der Waals surface area contributed by atoms with Crippen molar-refractivity contribution in [2.45, 2.75) is 13.8 Å². The van der Waals surface area contributed by atoms with Crippen LogP contribution in [-0.2, 0) is 6.42 Å². The minimum absolute atomic E-state index is 0. The van der Waals surface area contributed by atoms with Gasteiger partial charge in [-0.25, -0.2) is 4.39 Å². The summed E-state index contributed by atoms with van der Waals surface area (Å²) in [6, 6.07) is 140. The molecule has 0 spiro atoms. The number of fused-ring (bicyclic) bond motifs is 27. The van der Waals surface area contributed by atoms with Crippen LogP contribution in [0.3, 0.4) is 0 Å². The summed E-state index contributed by atoms with van der Waals surface area (Å²) < 4.78 is 43.0. The highest BCUT2D eigenvalue weighted by Crippen LogP contribution is 2.49. The van der Waals surface area contributed by atoms with Gasteiger partial charge in [0.25, 0.3) is 0 Å². The second-order valence-corrected chi connectivity index (χ2v) is 37.0. The maximum Gasteiger partial charge on any atom is 0.489 e. The molecule has 17 heteroatoms. The van der Waals surface area contributed by atoms with Gasteiger partial charge < -0.3 is 32.4 Å².